The Morgan fingerprint density at radius 1 is 1.05 bits per heavy atom. The number of aryl methyl sites for hydroxylation is 1. The van der Waals surface area contributed by atoms with E-state index in [1.54, 1.807) is 4.90 Å². The molecular formula is C19H23NO2. The molecule has 0 heterocycles. The molecule has 0 spiro atoms. The molecule has 0 N–H and O–H groups in total. The summed E-state index contributed by atoms with van der Waals surface area (Å²) in [7, 11) is 0. The SMILES string of the molecule is CCCCN(C(=O)COc1ccc(C)cc1)c1ccccc1. The van der Waals surface area contributed by atoms with Crippen LogP contribution in [0.3, 0.4) is 0 Å². The lowest BCUT2D eigenvalue weighted by Crippen LogP contribution is -2.35. The number of benzene rings is 2. The highest BCUT2D eigenvalue weighted by Crippen LogP contribution is 2.16. The molecule has 0 bridgehead atoms. The van der Waals surface area contributed by atoms with E-state index in [4.69, 9.17) is 4.74 Å². The van der Waals surface area contributed by atoms with Gasteiger partial charge in [0.05, 0.1) is 0 Å². The van der Waals surface area contributed by atoms with E-state index in [0.717, 1.165) is 30.8 Å². The topological polar surface area (TPSA) is 29.5 Å². The molecule has 2 aromatic rings. The van der Waals surface area contributed by atoms with Gasteiger partial charge in [-0.3, -0.25) is 4.79 Å². The standard InChI is InChI=1S/C19H23NO2/c1-3-4-14-20(17-8-6-5-7-9-17)19(21)15-22-18-12-10-16(2)11-13-18/h5-13H,3-4,14-15H2,1-2H3. The average molecular weight is 297 g/mol. The van der Waals surface area contributed by atoms with Crippen molar-refractivity contribution >= 4 is 11.6 Å². The second-order valence-electron chi connectivity index (χ2n) is 5.34. The summed E-state index contributed by atoms with van der Waals surface area (Å²) in [6, 6.07) is 17.5. The number of rotatable bonds is 7. The minimum absolute atomic E-state index is 0.0137. The zero-order valence-corrected chi connectivity index (χ0v) is 13.3. The first-order chi connectivity index (χ1) is 10.7. The summed E-state index contributed by atoms with van der Waals surface area (Å²) in [5, 5.41) is 0. The lowest BCUT2D eigenvalue weighted by Gasteiger charge is -2.22. The van der Waals surface area contributed by atoms with Gasteiger partial charge < -0.3 is 9.64 Å². The Morgan fingerprint density at radius 2 is 1.73 bits per heavy atom. The summed E-state index contributed by atoms with van der Waals surface area (Å²) in [6.07, 6.45) is 2.03. The van der Waals surface area contributed by atoms with Crippen molar-refractivity contribution in [1.82, 2.24) is 0 Å². The first kappa shape index (κ1) is 16.1. The number of para-hydroxylation sites is 1. The molecule has 0 aliphatic heterocycles. The van der Waals surface area contributed by atoms with E-state index < -0.39 is 0 Å². The van der Waals surface area contributed by atoms with Gasteiger partial charge in [-0.15, -0.1) is 0 Å². The minimum Gasteiger partial charge on any atom is -0.484 e. The minimum atomic E-state index is -0.0137. The van der Waals surface area contributed by atoms with Crippen LogP contribution in [-0.2, 0) is 4.79 Å². The number of nitrogens with zero attached hydrogens (tertiary/aromatic N) is 1. The van der Waals surface area contributed by atoms with Gasteiger partial charge in [0.15, 0.2) is 6.61 Å². The Balaban J connectivity index is 2.00. The highest BCUT2D eigenvalue weighted by Gasteiger charge is 2.15. The van der Waals surface area contributed by atoms with E-state index in [2.05, 4.69) is 6.92 Å². The number of amides is 1. The number of anilines is 1. The van der Waals surface area contributed by atoms with Crippen molar-refractivity contribution in [2.45, 2.75) is 26.7 Å². The summed E-state index contributed by atoms with van der Waals surface area (Å²) in [5.74, 6) is 0.711. The monoisotopic (exact) mass is 297 g/mol. The molecule has 2 aromatic carbocycles. The van der Waals surface area contributed by atoms with E-state index in [-0.39, 0.29) is 12.5 Å². The van der Waals surface area contributed by atoms with Crippen LogP contribution in [-0.4, -0.2) is 19.1 Å². The van der Waals surface area contributed by atoms with Gasteiger partial charge in [0.1, 0.15) is 5.75 Å². The molecule has 2 rings (SSSR count). The normalized spacial score (nSPS) is 10.3. The molecule has 0 aromatic heterocycles. The van der Waals surface area contributed by atoms with Crippen molar-refractivity contribution in [1.29, 1.82) is 0 Å². The highest BCUT2D eigenvalue weighted by atomic mass is 16.5. The van der Waals surface area contributed by atoms with Crippen LogP contribution >= 0.6 is 0 Å². The molecule has 0 radical (unpaired) electrons. The molecule has 0 fully saturated rings. The van der Waals surface area contributed by atoms with Crippen molar-refractivity contribution < 1.29 is 9.53 Å². The number of hydrogen-bond donors (Lipinski definition) is 0. The summed E-state index contributed by atoms with van der Waals surface area (Å²) in [6.45, 7) is 4.92. The van der Waals surface area contributed by atoms with Gasteiger partial charge in [-0.1, -0.05) is 49.2 Å². The summed E-state index contributed by atoms with van der Waals surface area (Å²) >= 11 is 0. The van der Waals surface area contributed by atoms with Gasteiger partial charge in [0.25, 0.3) is 5.91 Å². The Labute approximate surface area is 132 Å². The Bertz CT molecular complexity index is 578. The van der Waals surface area contributed by atoms with Crippen molar-refractivity contribution in [2.24, 2.45) is 0 Å². The van der Waals surface area contributed by atoms with E-state index in [1.807, 2.05) is 61.5 Å². The molecule has 0 saturated heterocycles. The quantitative estimate of drug-likeness (QED) is 0.766. The lowest BCUT2D eigenvalue weighted by atomic mass is 10.2. The Morgan fingerprint density at radius 3 is 2.36 bits per heavy atom. The predicted octanol–water partition coefficient (Wildman–Crippen LogP) is 4.21. The van der Waals surface area contributed by atoms with Crippen LogP contribution < -0.4 is 9.64 Å². The molecule has 0 atom stereocenters. The van der Waals surface area contributed by atoms with Crippen molar-refractivity contribution in [3.63, 3.8) is 0 Å². The van der Waals surface area contributed by atoms with E-state index in [0.29, 0.717) is 0 Å². The number of carbonyl (C=O) groups is 1. The average Bonchev–Trinajstić information content (AvgIpc) is 2.55. The van der Waals surface area contributed by atoms with Gasteiger partial charge in [-0.05, 0) is 37.6 Å². The third-order valence-corrected chi connectivity index (χ3v) is 3.49. The van der Waals surface area contributed by atoms with Crippen LogP contribution in [0.15, 0.2) is 54.6 Å². The number of ether oxygens (including phenoxy) is 1. The maximum absolute atomic E-state index is 12.5. The maximum Gasteiger partial charge on any atom is 0.264 e. The fraction of sp³-hybridized carbons (Fsp3) is 0.316. The van der Waals surface area contributed by atoms with Crippen LogP contribution in [0.25, 0.3) is 0 Å². The van der Waals surface area contributed by atoms with Gasteiger partial charge in [0.2, 0.25) is 0 Å². The zero-order chi connectivity index (χ0) is 15.8. The molecule has 0 unspecified atom stereocenters. The number of unbranched alkanes of at least 4 members (excludes halogenated alkanes) is 1. The molecule has 22 heavy (non-hydrogen) atoms. The second kappa shape index (κ2) is 8.23. The fourth-order valence-corrected chi connectivity index (χ4v) is 2.18. The predicted molar refractivity (Wildman–Crippen MR) is 90.4 cm³/mol. The lowest BCUT2D eigenvalue weighted by molar-refractivity contribution is -0.120. The molecule has 3 nitrogen and oxygen atoms in total. The van der Waals surface area contributed by atoms with Crippen LogP contribution in [0.5, 0.6) is 5.75 Å². The van der Waals surface area contributed by atoms with Gasteiger partial charge in [-0.2, -0.15) is 0 Å². The van der Waals surface area contributed by atoms with Gasteiger partial charge in [0, 0.05) is 12.2 Å². The first-order valence-corrected chi connectivity index (χ1v) is 7.75. The summed E-state index contributed by atoms with van der Waals surface area (Å²) in [5.41, 5.74) is 2.10. The summed E-state index contributed by atoms with van der Waals surface area (Å²) in [4.78, 5) is 14.3. The van der Waals surface area contributed by atoms with Crippen LogP contribution in [0.2, 0.25) is 0 Å². The maximum atomic E-state index is 12.5. The van der Waals surface area contributed by atoms with Crippen LogP contribution in [0.4, 0.5) is 5.69 Å². The molecule has 0 aliphatic carbocycles. The van der Waals surface area contributed by atoms with Crippen LogP contribution in [0.1, 0.15) is 25.3 Å². The smallest absolute Gasteiger partial charge is 0.264 e. The van der Waals surface area contributed by atoms with Crippen molar-refractivity contribution in [3.05, 3.63) is 60.2 Å². The molecule has 116 valence electrons. The van der Waals surface area contributed by atoms with Crippen molar-refractivity contribution in [2.75, 3.05) is 18.1 Å². The molecule has 0 saturated carbocycles. The Kier molecular flexibility index (Phi) is 6.01. The van der Waals surface area contributed by atoms with Crippen LogP contribution in [0, 0.1) is 6.92 Å². The van der Waals surface area contributed by atoms with E-state index in [9.17, 15) is 4.79 Å². The molecule has 0 aliphatic rings. The zero-order valence-electron chi connectivity index (χ0n) is 13.3. The summed E-state index contributed by atoms with van der Waals surface area (Å²) < 4.78 is 5.61. The molecule has 1 amide bonds. The second-order valence-corrected chi connectivity index (χ2v) is 5.34. The highest BCUT2D eigenvalue weighted by molar-refractivity contribution is 5.94. The first-order valence-electron chi connectivity index (χ1n) is 7.75. The fourth-order valence-electron chi connectivity index (χ4n) is 2.18. The Hall–Kier alpha value is -2.29. The van der Waals surface area contributed by atoms with Gasteiger partial charge >= 0.3 is 0 Å². The van der Waals surface area contributed by atoms with E-state index >= 15 is 0 Å². The van der Waals surface area contributed by atoms with Gasteiger partial charge in [-0.25, -0.2) is 0 Å². The largest absolute Gasteiger partial charge is 0.484 e. The number of carbonyl (C=O) groups excluding carboxylic acids is 1. The van der Waals surface area contributed by atoms with Crippen molar-refractivity contribution in [3.8, 4) is 5.75 Å². The third kappa shape index (κ3) is 4.62. The molecular weight excluding hydrogens is 274 g/mol. The molecule has 3 heteroatoms. The third-order valence-electron chi connectivity index (χ3n) is 3.49. The van der Waals surface area contributed by atoms with E-state index in [1.165, 1.54) is 5.56 Å². The number of hydrogen-bond acceptors (Lipinski definition) is 2.